The highest BCUT2D eigenvalue weighted by atomic mass is 127. The van der Waals surface area contributed by atoms with Crippen molar-refractivity contribution in [3.63, 3.8) is 0 Å². The summed E-state index contributed by atoms with van der Waals surface area (Å²) in [4.78, 5) is 12.4. The van der Waals surface area contributed by atoms with Crippen LogP contribution in [0, 0.1) is 16.4 Å². The molecule has 2 saturated carbocycles. The molecule has 0 heterocycles. The molecular formula is C14H17IN2O. The van der Waals surface area contributed by atoms with Gasteiger partial charge in [0.2, 0.25) is 0 Å². The zero-order valence-electron chi connectivity index (χ0n) is 10.4. The van der Waals surface area contributed by atoms with Gasteiger partial charge in [-0.15, -0.1) is 0 Å². The monoisotopic (exact) mass is 356 g/mol. The number of aryl methyl sites for hydroxylation is 1. The second-order valence-corrected chi connectivity index (χ2v) is 6.81. The number of rotatable bonds is 3. The molecule has 3 N–H and O–H groups in total. The molecule has 3 rings (SSSR count). The molecule has 0 atom stereocenters. The van der Waals surface area contributed by atoms with Crippen LogP contribution in [0.25, 0.3) is 0 Å². The third-order valence-electron chi connectivity index (χ3n) is 4.11. The topological polar surface area (TPSA) is 55.1 Å². The number of benzene rings is 1. The van der Waals surface area contributed by atoms with E-state index in [-0.39, 0.29) is 11.4 Å². The number of nitrogens with two attached hydrogens (primary N) is 1. The van der Waals surface area contributed by atoms with Crippen LogP contribution in [0.2, 0.25) is 0 Å². The maximum Gasteiger partial charge on any atom is 0.253 e. The Hall–Kier alpha value is -0.780. The van der Waals surface area contributed by atoms with Crippen molar-refractivity contribution in [3.8, 4) is 0 Å². The third-order valence-corrected chi connectivity index (χ3v) is 4.73. The number of hydrogen-bond acceptors (Lipinski definition) is 2. The lowest BCUT2D eigenvalue weighted by Crippen LogP contribution is -2.38. The fourth-order valence-electron chi connectivity index (χ4n) is 2.64. The molecular weight excluding hydrogens is 339 g/mol. The number of carbonyl (C=O) groups is 1. The molecule has 0 bridgehead atoms. The van der Waals surface area contributed by atoms with Crippen LogP contribution >= 0.6 is 22.6 Å². The van der Waals surface area contributed by atoms with Gasteiger partial charge in [0.25, 0.3) is 5.91 Å². The zero-order chi connectivity index (χ0) is 12.9. The van der Waals surface area contributed by atoms with Crippen LogP contribution in [-0.4, -0.2) is 11.4 Å². The summed E-state index contributed by atoms with van der Waals surface area (Å²) in [7, 11) is 0. The molecule has 1 aromatic carbocycles. The van der Waals surface area contributed by atoms with Crippen molar-refractivity contribution in [2.45, 2.75) is 38.1 Å². The van der Waals surface area contributed by atoms with Crippen LogP contribution in [0.3, 0.4) is 0 Å². The highest BCUT2D eigenvalue weighted by Gasteiger charge is 2.54. The summed E-state index contributed by atoms with van der Waals surface area (Å²) in [5, 5.41) is 3.22. The molecule has 18 heavy (non-hydrogen) atoms. The van der Waals surface area contributed by atoms with Gasteiger partial charge in [0.05, 0.1) is 5.56 Å². The van der Waals surface area contributed by atoms with E-state index in [9.17, 15) is 4.79 Å². The summed E-state index contributed by atoms with van der Waals surface area (Å²) < 4.78 is 1.06. The van der Waals surface area contributed by atoms with Gasteiger partial charge in [-0.25, -0.2) is 0 Å². The van der Waals surface area contributed by atoms with Crippen LogP contribution in [0.1, 0.15) is 41.6 Å². The van der Waals surface area contributed by atoms with Crippen molar-refractivity contribution >= 4 is 34.2 Å². The number of anilines is 1. The SMILES string of the molecule is Cc1cc(I)cc(C(=O)NC2(C3CC3)CC2)c1N. The van der Waals surface area contributed by atoms with Gasteiger partial charge in [0.15, 0.2) is 0 Å². The van der Waals surface area contributed by atoms with Crippen LogP contribution < -0.4 is 11.1 Å². The number of nitrogen functional groups attached to an aromatic ring is 1. The van der Waals surface area contributed by atoms with E-state index in [1.807, 2.05) is 19.1 Å². The molecule has 0 aromatic heterocycles. The predicted molar refractivity (Wildman–Crippen MR) is 80.5 cm³/mol. The summed E-state index contributed by atoms with van der Waals surface area (Å²) in [6.07, 6.45) is 4.79. The van der Waals surface area contributed by atoms with Gasteiger partial charge in [0, 0.05) is 14.8 Å². The maximum atomic E-state index is 12.4. The Bertz CT molecular complexity index is 519. The lowest BCUT2D eigenvalue weighted by Gasteiger charge is -2.18. The smallest absolute Gasteiger partial charge is 0.253 e. The Kier molecular flexibility index (Phi) is 2.80. The van der Waals surface area contributed by atoms with Crippen molar-refractivity contribution in [2.75, 3.05) is 5.73 Å². The molecule has 2 aliphatic rings. The first-order chi connectivity index (χ1) is 8.52. The van der Waals surface area contributed by atoms with E-state index in [2.05, 4.69) is 27.9 Å². The van der Waals surface area contributed by atoms with E-state index < -0.39 is 0 Å². The summed E-state index contributed by atoms with van der Waals surface area (Å²) in [5.41, 5.74) is 8.35. The standard InChI is InChI=1S/C14H17IN2O/c1-8-6-10(15)7-11(12(8)16)13(18)17-14(4-5-14)9-2-3-9/h6-7,9H,2-5,16H2,1H3,(H,17,18). The Balaban J connectivity index is 1.84. The second kappa shape index (κ2) is 4.11. The maximum absolute atomic E-state index is 12.4. The summed E-state index contributed by atoms with van der Waals surface area (Å²) in [5.74, 6) is 0.713. The first-order valence-electron chi connectivity index (χ1n) is 6.40. The van der Waals surface area contributed by atoms with Gasteiger partial charge < -0.3 is 11.1 Å². The molecule has 2 fully saturated rings. The number of carbonyl (C=O) groups excluding carboxylic acids is 1. The van der Waals surface area contributed by atoms with Crippen LogP contribution in [0.15, 0.2) is 12.1 Å². The van der Waals surface area contributed by atoms with E-state index in [1.54, 1.807) is 0 Å². The van der Waals surface area contributed by atoms with Crippen molar-refractivity contribution in [2.24, 2.45) is 5.92 Å². The van der Waals surface area contributed by atoms with Crippen LogP contribution in [0.4, 0.5) is 5.69 Å². The molecule has 96 valence electrons. The van der Waals surface area contributed by atoms with Gasteiger partial charge in [-0.2, -0.15) is 0 Å². The van der Waals surface area contributed by atoms with Crippen molar-refractivity contribution in [1.29, 1.82) is 0 Å². The quantitative estimate of drug-likeness (QED) is 0.647. The minimum absolute atomic E-state index is 0.00137. The molecule has 0 radical (unpaired) electrons. The minimum Gasteiger partial charge on any atom is -0.398 e. The van der Waals surface area contributed by atoms with Crippen molar-refractivity contribution in [1.82, 2.24) is 5.32 Å². The minimum atomic E-state index is -0.00137. The molecule has 1 aromatic rings. The van der Waals surface area contributed by atoms with Gasteiger partial charge in [-0.1, -0.05) is 0 Å². The summed E-state index contributed by atoms with van der Waals surface area (Å²) >= 11 is 2.22. The zero-order valence-corrected chi connectivity index (χ0v) is 12.6. The van der Waals surface area contributed by atoms with Gasteiger partial charge in [0.1, 0.15) is 0 Å². The predicted octanol–water partition coefficient (Wildman–Crippen LogP) is 2.85. The number of amides is 1. The molecule has 1 amide bonds. The van der Waals surface area contributed by atoms with Crippen LogP contribution in [0.5, 0.6) is 0 Å². The molecule has 0 aliphatic heterocycles. The summed E-state index contributed by atoms with van der Waals surface area (Å²) in [6, 6.07) is 3.88. The first kappa shape index (κ1) is 12.3. The Morgan fingerprint density at radius 3 is 2.67 bits per heavy atom. The normalized spacial score (nSPS) is 20.6. The lowest BCUT2D eigenvalue weighted by atomic mass is 10.1. The number of nitrogens with one attached hydrogen (secondary N) is 1. The Morgan fingerprint density at radius 2 is 2.11 bits per heavy atom. The van der Waals surface area contributed by atoms with E-state index in [1.165, 1.54) is 12.8 Å². The number of hydrogen-bond donors (Lipinski definition) is 2. The fourth-order valence-corrected chi connectivity index (χ4v) is 3.42. The molecule has 0 spiro atoms. The lowest BCUT2D eigenvalue weighted by molar-refractivity contribution is 0.0926. The third kappa shape index (κ3) is 2.11. The van der Waals surface area contributed by atoms with Crippen molar-refractivity contribution < 1.29 is 4.79 Å². The van der Waals surface area contributed by atoms with Crippen molar-refractivity contribution in [3.05, 3.63) is 26.8 Å². The highest BCUT2D eigenvalue weighted by molar-refractivity contribution is 14.1. The molecule has 3 nitrogen and oxygen atoms in total. The Morgan fingerprint density at radius 1 is 1.44 bits per heavy atom. The Labute approximate surface area is 121 Å². The van der Waals surface area contributed by atoms with Crippen LogP contribution in [-0.2, 0) is 0 Å². The molecule has 0 saturated heterocycles. The summed E-state index contributed by atoms with van der Waals surface area (Å²) in [6.45, 7) is 1.95. The number of halogens is 1. The van der Waals surface area contributed by atoms with E-state index >= 15 is 0 Å². The van der Waals surface area contributed by atoms with Gasteiger partial charge in [-0.3, -0.25) is 4.79 Å². The molecule has 4 heteroatoms. The highest BCUT2D eigenvalue weighted by Crippen LogP contribution is 2.53. The van der Waals surface area contributed by atoms with Gasteiger partial charge >= 0.3 is 0 Å². The molecule has 0 unspecified atom stereocenters. The van der Waals surface area contributed by atoms with E-state index in [4.69, 9.17) is 5.73 Å². The van der Waals surface area contributed by atoms with E-state index in [0.717, 1.165) is 22.0 Å². The average molecular weight is 356 g/mol. The van der Waals surface area contributed by atoms with Gasteiger partial charge in [-0.05, 0) is 78.8 Å². The molecule has 2 aliphatic carbocycles. The van der Waals surface area contributed by atoms with E-state index in [0.29, 0.717) is 17.2 Å². The first-order valence-corrected chi connectivity index (χ1v) is 7.48. The fraction of sp³-hybridized carbons (Fsp3) is 0.500. The average Bonchev–Trinajstić information content (AvgIpc) is 3.13. The largest absolute Gasteiger partial charge is 0.398 e. The second-order valence-electron chi connectivity index (χ2n) is 5.57.